The molecule has 0 aliphatic carbocycles. The normalized spacial score (nSPS) is 17.5. The molecule has 1 N–H and O–H groups in total. The van der Waals surface area contributed by atoms with E-state index in [9.17, 15) is 13.2 Å². The van der Waals surface area contributed by atoms with Gasteiger partial charge in [-0.05, 0) is 49.7 Å². The zero-order valence-electron chi connectivity index (χ0n) is 22.5. The van der Waals surface area contributed by atoms with E-state index in [0.29, 0.717) is 35.8 Å². The number of para-hydroxylation sites is 1. The number of likely N-dealkylation sites (N-methyl/N-ethyl adjacent to an activating group) is 1. The molecule has 9 nitrogen and oxygen atoms in total. The van der Waals surface area contributed by atoms with E-state index in [0.717, 1.165) is 57.7 Å². The summed E-state index contributed by atoms with van der Waals surface area (Å²) >= 11 is 0. The molecule has 2 aliphatic rings. The van der Waals surface area contributed by atoms with Crippen molar-refractivity contribution in [2.75, 3.05) is 70.2 Å². The summed E-state index contributed by atoms with van der Waals surface area (Å²) < 4.78 is 39.1. The molecule has 2 aromatic rings. The zero-order chi connectivity index (χ0) is 27.1. The summed E-state index contributed by atoms with van der Waals surface area (Å²) in [5.74, 6) is 0.734. The molecule has 0 saturated carbocycles. The molecule has 0 bridgehead atoms. The maximum Gasteiger partial charge on any atom is 0.248 e. The van der Waals surface area contributed by atoms with Crippen LogP contribution >= 0.6 is 0 Å². The first-order valence-corrected chi connectivity index (χ1v) is 14.6. The van der Waals surface area contributed by atoms with Crippen molar-refractivity contribution in [3.63, 3.8) is 0 Å². The van der Waals surface area contributed by atoms with Crippen LogP contribution in [0.1, 0.15) is 31.7 Å². The lowest BCUT2D eigenvalue weighted by atomic mass is 10.1. The van der Waals surface area contributed by atoms with Crippen LogP contribution < -0.4 is 19.7 Å². The molecular weight excluding hydrogens is 504 g/mol. The zero-order valence-corrected chi connectivity index (χ0v) is 23.3. The molecule has 0 radical (unpaired) electrons. The Bertz CT molecular complexity index is 1250. The number of amides is 1. The lowest BCUT2D eigenvalue weighted by Crippen LogP contribution is -2.46. The van der Waals surface area contributed by atoms with Gasteiger partial charge < -0.3 is 24.6 Å². The Balaban J connectivity index is 1.62. The van der Waals surface area contributed by atoms with Gasteiger partial charge in [-0.2, -0.15) is 4.31 Å². The van der Waals surface area contributed by atoms with E-state index in [1.54, 1.807) is 42.8 Å². The summed E-state index contributed by atoms with van der Waals surface area (Å²) in [5.41, 5.74) is 2.00. The van der Waals surface area contributed by atoms with Crippen LogP contribution in [0.3, 0.4) is 0 Å². The summed E-state index contributed by atoms with van der Waals surface area (Å²) in [4.78, 5) is 17.8. The van der Waals surface area contributed by atoms with Crippen molar-refractivity contribution in [3.05, 3.63) is 48.0 Å². The van der Waals surface area contributed by atoms with Crippen molar-refractivity contribution < 1.29 is 22.7 Å². The van der Waals surface area contributed by atoms with Crippen LogP contribution in [-0.2, 0) is 14.8 Å². The number of hydrogen-bond donors (Lipinski definition) is 1. The third-order valence-electron chi connectivity index (χ3n) is 7.19. The number of nitrogens with zero attached hydrogens (tertiary/aromatic N) is 3. The highest BCUT2D eigenvalue weighted by molar-refractivity contribution is 7.89. The Labute approximate surface area is 226 Å². The predicted molar refractivity (Wildman–Crippen MR) is 151 cm³/mol. The van der Waals surface area contributed by atoms with Gasteiger partial charge in [0.15, 0.2) is 11.5 Å². The quantitative estimate of drug-likeness (QED) is 0.484. The third-order valence-corrected chi connectivity index (χ3v) is 9.08. The number of benzene rings is 2. The fourth-order valence-electron chi connectivity index (χ4n) is 4.99. The predicted octanol–water partition coefficient (Wildman–Crippen LogP) is 3.67. The first kappa shape index (κ1) is 27.9. The number of rotatable bonds is 9. The largest absolute Gasteiger partial charge is 0.493 e. The van der Waals surface area contributed by atoms with Crippen molar-refractivity contribution in [2.45, 2.75) is 31.1 Å². The van der Waals surface area contributed by atoms with Gasteiger partial charge in [-0.25, -0.2) is 8.42 Å². The van der Waals surface area contributed by atoms with Gasteiger partial charge in [-0.15, -0.1) is 0 Å². The lowest BCUT2D eigenvalue weighted by molar-refractivity contribution is -0.111. The molecule has 206 valence electrons. The van der Waals surface area contributed by atoms with Crippen molar-refractivity contribution in [1.29, 1.82) is 0 Å². The molecular formula is C28H38N4O5S. The summed E-state index contributed by atoms with van der Waals surface area (Å²) in [6.07, 6.45) is 5.84. The van der Waals surface area contributed by atoms with Crippen molar-refractivity contribution in [1.82, 2.24) is 9.21 Å². The lowest BCUT2D eigenvalue weighted by Gasteiger charge is -2.36. The van der Waals surface area contributed by atoms with Gasteiger partial charge in [0.05, 0.1) is 30.5 Å². The van der Waals surface area contributed by atoms with Crippen LogP contribution in [0.15, 0.2) is 47.4 Å². The summed E-state index contributed by atoms with van der Waals surface area (Å²) in [6.45, 7) is 7.60. The van der Waals surface area contributed by atoms with Crippen LogP contribution in [0.4, 0.5) is 11.4 Å². The van der Waals surface area contributed by atoms with E-state index in [1.807, 2.05) is 18.2 Å². The molecule has 1 amide bonds. The number of anilines is 2. The standard InChI is InChI=1S/C28H38N4O5S/c1-4-30-17-19-31(20-18-30)25-13-12-23(38(34,35)32-15-6-5-7-16-32)21-24(25)29-27(33)14-11-22-9-8-10-26(36-2)28(22)37-3/h8-14,21H,4-7,15-20H2,1-3H3,(H,29,33)/b14-11+. The molecule has 0 aromatic heterocycles. The Morgan fingerprint density at radius 1 is 0.974 bits per heavy atom. The number of methoxy groups -OCH3 is 2. The van der Waals surface area contributed by atoms with Crippen molar-refractivity contribution >= 4 is 33.4 Å². The second-order valence-corrected chi connectivity index (χ2v) is 11.4. The second-order valence-electron chi connectivity index (χ2n) is 9.47. The van der Waals surface area contributed by atoms with Crippen LogP contribution in [0, 0.1) is 0 Å². The highest BCUT2D eigenvalue weighted by atomic mass is 32.2. The fraction of sp³-hybridized carbons (Fsp3) is 0.464. The molecule has 0 atom stereocenters. The van der Waals surface area contributed by atoms with Gasteiger partial charge in [0.1, 0.15) is 0 Å². The Kier molecular flexibility index (Phi) is 9.30. The number of carbonyl (C=O) groups is 1. The second kappa shape index (κ2) is 12.6. The van der Waals surface area contributed by atoms with Gasteiger partial charge >= 0.3 is 0 Å². The van der Waals surface area contributed by atoms with E-state index >= 15 is 0 Å². The number of hydrogen-bond acceptors (Lipinski definition) is 7. The molecule has 0 spiro atoms. The van der Waals surface area contributed by atoms with E-state index in [-0.39, 0.29) is 10.8 Å². The number of carbonyl (C=O) groups excluding carboxylic acids is 1. The average Bonchev–Trinajstić information content (AvgIpc) is 2.96. The molecule has 4 rings (SSSR count). The van der Waals surface area contributed by atoms with E-state index < -0.39 is 10.0 Å². The molecule has 2 fully saturated rings. The van der Waals surface area contributed by atoms with Crippen LogP contribution in [0.25, 0.3) is 6.08 Å². The molecule has 2 aliphatic heterocycles. The number of nitrogens with one attached hydrogen (secondary N) is 1. The topological polar surface area (TPSA) is 91.4 Å². The summed E-state index contributed by atoms with van der Waals surface area (Å²) in [7, 11) is -0.536. The highest BCUT2D eigenvalue weighted by Gasteiger charge is 2.28. The Morgan fingerprint density at radius 3 is 2.37 bits per heavy atom. The summed E-state index contributed by atoms with van der Waals surface area (Å²) in [5, 5.41) is 2.95. The Morgan fingerprint density at radius 2 is 1.71 bits per heavy atom. The highest BCUT2D eigenvalue weighted by Crippen LogP contribution is 2.33. The minimum atomic E-state index is -3.65. The first-order valence-electron chi connectivity index (χ1n) is 13.2. The Hall–Kier alpha value is -3.08. The molecule has 38 heavy (non-hydrogen) atoms. The first-order chi connectivity index (χ1) is 18.4. The van der Waals surface area contributed by atoms with Gasteiger partial charge in [0.25, 0.3) is 0 Å². The molecule has 2 aromatic carbocycles. The average molecular weight is 543 g/mol. The monoisotopic (exact) mass is 542 g/mol. The molecule has 2 saturated heterocycles. The molecule has 0 unspecified atom stereocenters. The number of piperazine rings is 1. The van der Waals surface area contributed by atoms with Crippen LogP contribution in [0.5, 0.6) is 11.5 Å². The number of sulfonamides is 1. The SMILES string of the molecule is CCN1CCN(c2ccc(S(=O)(=O)N3CCCCC3)cc2NC(=O)/C=C/c2cccc(OC)c2OC)CC1. The van der Waals surface area contributed by atoms with Gasteiger partial charge in [0.2, 0.25) is 15.9 Å². The van der Waals surface area contributed by atoms with Crippen molar-refractivity contribution in [2.24, 2.45) is 0 Å². The summed E-state index contributed by atoms with van der Waals surface area (Å²) in [6, 6.07) is 10.5. The maximum atomic E-state index is 13.4. The van der Waals surface area contributed by atoms with Crippen LogP contribution in [0.2, 0.25) is 0 Å². The van der Waals surface area contributed by atoms with E-state index in [1.165, 1.54) is 6.08 Å². The van der Waals surface area contributed by atoms with Crippen molar-refractivity contribution in [3.8, 4) is 11.5 Å². The smallest absolute Gasteiger partial charge is 0.248 e. The van der Waals surface area contributed by atoms with Gasteiger partial charge in [-0.1, -0.05) is 25.5 Å². The van der Waals surface area contributed by atoms with E-state index in [4.69, 9.17) is 9.47 Å². The number of piperidine rings is 1. The minimum Gasteiger partial charge on any atom is -0.493 e. The maximum absolute atomic E-state index is 13.4. The minimum absolute atomic E-state index is 0.198. The van der Waals surface area contributed by atoms with Gasteiger partial charge in [-0.3, -0.25) is 4.79 Å². The van der Waals surface area contributed by atoms with Crippen LogP contribution in [-0.4, -0.2) is 83.6 Å². The van der Waals surface area contributed by atoms with Gasteiger partial charge in [0, 0.05) is 50.9 Å². The number of ether oxygens (including phenoxy) is 2. The third kappa shape index (κ3) is 6.31. The fourth-order valence-corrected chi connectivity index (χ4v) is 6.54. The van der Waals surface area contributed by atoms with E-state index in [2.05, 4.69) is 22.0 Å². The molecule has 2 heterocycles. The molecule has 10 heteroatoms.